The molecule has 1 aliphatic carbocycles. The lowest BCUT2D eigenvalue weighted by atomic mass is 9.87. The number of carboxylic acid groups (broad SMARTS) is 1. The number of fused-ring (bicyclic) bond motifs is 1. The molecular formula is C42H46N2O5. The molecule has 4 aromatic rings. The van der Waals surface area contributed by atoms with Gasteiger partial charge < -0.3 is 20.1 Å². The molecule has 0 spiro atoms. The number of nitrogens with one attached hydrogen (secondary N) is 1. The van der Waals surface area contributed by atoms with Gasteiger partial charge in [0.25, 0.3) is 0 Å². The predicted molar refractivity (Wildman–Crippen MR) is 191 cm³/mol. The molecule has 2 N–H and O–H groups in total. The fourth-order valence-electron chi connectivity index (χ4n) is 7.03. The van der Waals surface area contributed by atoms with Gasteiger partial charge in [0.05, 0.1) is 0 Å². The van der Waals surface area contributed by atoms with E-state index in [1.807, 2.05) is 84.9 Å². The SMILES string of the molecule is CC(C)(C)c1ccc(Oc2ccc3c(c2)CN(C(=O)CC2CCCC2)[C@H](C(=O)N[C@@H](Cc2ccc(-c4ccccc4)cc2)C(=O)O)C3)cc1. The Hall–Kier alpha value is -4.91. The van der Waals surface area contributed by atoms with Gasteiger partial charge in [-0.25, -0.2) is 4.79 Å². The van der Waals surface area contributed by atoms with Crippen LogP contribution in [-0.2, 0) is 39.2 Å². The number of nitrogens with zero attached hydrogens (tertiary/aromatic N) is 1. The maximum atomic E-state index is 13.9. The van der Waals surface area contributed by atoms with Crippen molar-refractivity contribution in [1.29, 1.82) is 0 Å². The third-order valence-corrected chi connectivity index (χ3v) is 9.94. The first-order valence-electron chi connectivity index (χ1n) is 17.4. The summed E-state index contributed by atoms with van der Waals surface area (Å²) >= 11 is 0. The van der Waals surface area contributed by atoms with Gasteiger partial charge in [-0.15, -0.1) is 0 Å². The summed E-state index contributed by atoms with van der Waals surface area (Å²) in [6, 6.07) is 29.6. The van der Waals surface area contributed by atoms with Crippen molar-refractivity contribution in [3.63, 3.8) is 0 Å². The molecule has 2 amide bonds. The van der Waals surface area contributed by atoms with E-state index in [0.717, 1.165) is 59.3 Å². The summed E-state index contributed by atoms with van der Waals surface area (Å²) in [7, 11) is 0. The second-order valence-corrected chi connectivity index (χ2v) is 14.6. The minimum atomic E-state index is -1.14. The van der Waals surface area contributed by atoms with Crippen LogP contribution in [0.15, 0.2) is 97.1 Å². The molecule has 0 radical (unpaired) electrons. The van der Waals surface area contributed by atoms with Gasteiger partial charge in [0.1, 0.15) is 23.6 Å². The van der Waals surface area contributed by atoms with Crippen LogP contribution < -0.4 is 10.1 Å². The van der Waals surface area contributed by atoms with E-state index in [1.165, 1.54) is 5.56 Å². The second-order valence-electron chi connectivity index (χ2n) is 14.6. The van der Waals surface area contributed by atoms with Crippen LogP contribution >= 0.6 is 0 Å². The van der Waals surface area contributed by atoms with Crippen LogP contribution in [0.3, 0.4) is 0 Å². The quantitative estimate of drug-likeness (QED) is 0.180. The van der Waals surface area contributed by atoms with E-state index in [9.17, 15) is 19.5 Å². The molecule has 0 bridgehead atoms. The molecule has 1 saturated carbocycles. The van der Waals surface area contributed by atoms with Crippen molar-refractivity contribution in [2.75, 3.05) is 0 Å². The summed E-state index contributed by atoms with van der Waals surface area (Å²) in [5, 5.41) is 12.9. The van der Waals surface area contributed by atoms with Crippen LogP contribution in [0.25, 0.3) is 11.1 Å². The van der Waals surface area contributed by atoms with Gasteiger partial charge in [-0.3, -0.25) is 9.59 Å². The first-order chi connectivity index (χ1) is 23.5. The molecule has 254 valence electrons. The van der Waals surface area contributed by atoms with E-state index in [4.69, 9.17) is 4.74 Å². The highest BCUT2D eigenvalue weighted by atomic mass is 16.5. The molecule has 4 aromatic carbocycles. The molecule has 2 atom stereocenters. The Kier molecular flexibility index (Phi) is 10.2. The summed E-state index contributed by atoms with van der Waals surface area (Å²) in [5.74, 6) is 0.0807. The zero-order valence-corrected chi connectivity index (χ0v) is 28.7. The van der Waals surface area contributed by atoms with E-state index in [1.54, 1.807) is 4.90 Å². The van der Waals surface area contributed by atoms with Crippen LogP contribution in [-0.4, -0.2) is 39.9 Å². The van der Waals surface area contributed by atoms with Crippen LogP contribution in [0, 0.1) is 5.92 Å². The Balaban J connectivity index is 1.19. The average molecular weight is 659 g/mol. The molecule has 0 saturated heterocycles. The minimum Gasteiger partial charge on any atom is -0.480 e. The predicted octanol–water partition coefficient (Wildman–Crippen LogP) is 8.09. The zero-order valence-electron chi connectivity index (χ0n) is 28.7. The highest BCUT2D eigenvalue weighted by Gasteiger charge is 2.37. The Morgan fingerprint density at radius 3 is 2.14 bits per heavy atom. The number of carbonyl (C=O) groups excluding carboxylic acids is 2. The van der Waals surface area contributed by atoms with Crippen LogP contribution in [0.4, 0.5) is 0 Å². The Bertz CT molecular complexity index is 1770. The van der Waals surface area contributed by atoms with E-state index >= 15 is 0 Å². The van der Waals surface area contributed by atoms with Crippen molar-refractivity contribution < 1.29 is 24.2 Å². The second kappa shape index (κ2) is 14.7. The van der Waals surface area contributed by atoms with Crippen molar-refractivity contribution >= 4 is 17.8 Å². The largest absolute Gasteiger partial charge is 0.480 e. The molecule has 7 heteroatoms. The van der Waals surface area contributed by atoms with Crippen LogP contribution in [0.2, 0.25) is 0 Å². The Morgan fingerprint density at radius 2 is 1.49 bits per heavy atom. The normalized spacial score (nSPS) is 16.9. The van der Waals surface area contributed by atoms with E-state index in [2.05, 4.69) is 38.2 Å². The number of ether oxygens (including phenoxy) is 1. The third kappa shape index (κ3) is 8.40. The Labute approximate surface area is 289 Å². The summed E-state index contributed by atoms with van der Waals surface area (Å²) in [4.78, 5) is 41.8. The maximum absolute atomic E-state index is 13.9. The number of carboxylic acids is 1. The highest BCUT2D eigenvalue weighted by Crippen LogP contribution is 2.34. The van der Waals surface area contributed by atoms with Gasteiger partial charge in [-0.1, -0.05) is 106 Å². The lowest BCUT2D eigenvalue weighted by Crippen LogP contribution is -2.56. The third-order valence-electron chi connectivity index (χ3n) is 9.94. The van der Waals surface area contributed by atoms with Crippen molar-refractivity contribution in [2.24, 2.45) is 5.92 Å². The minimum absolute atomic E-state index is 0.0420. The van der Waals surface area contributed by atoms with Gasteiger partial charge >= 0.3 is 5.97 Å². The number of aliphatic carboxylic acids is 1. The van der Waals surface area contributed by atoms with E-state index in [0.29, 0.717) is 24.5 Å². The van der Waals surface area contributed by atoms with Gasteiger partial charge in [-0.2, -0.15) is 0 Å². The summed E-state index contributed by atoms with van der Waals surface area (Å²) in [6.45, 7) is 6.78. The molecule has 49 heavy (non-hydrogen) atoms. The zero-order chi connectivity index (χ0) is 34.5. The average Bonchev–Trinajstić information content (AvgIpc) is 3.61. The fourth-order valence-corrected chi connectivity index (χ4v) is 7.03. The smallest absolute Gasteiger partial charge is 0.326 e. The van der Waals surface area contributed by atoms with Crippen LogP contribution in [0.5, 0.6) is 11.5 Å². The molecule has 1 heterocycles. The van der Waals surface area contributed by atoms with Crippen molar-refractivity contribution in [3.8, 4) is 22.6 Å². The first kappa shape index (κ1) is 34.0. The van der Waals surface area contributed by atoms with Gasteiger partial charge in [0.2, 0.25) is 11.8 Å². The summed E-state index contributed by atoms with van der Waals surface area (Å²) in [6.07, 6.45) is 5.10. The number of rotatable bonds is 10. The number of hydrogen-bond acceptors (Lipinski definition) is 4. The van der Waals surface area contributed by atoms with Gasteiger partial charge in [0.15, 0.2) is 0 Å². The molecular weight excluding hydrogens is 612 g/mol. The maximum Gasteiger partial charge on any atom is 0.326 e. The molecule has 6 rings (SSSR count). The monoisotopic (exact) mass is 658 g/mol. The summed E-state index contributed by atoms with van der Waals surface area (Å²) < 4.78 is 6.21. The first-order valence-corrected chi connectivity index (χ1v) is 17.4. The molecule has 2 aliphatic rings. The van der Waals surface area contributed by atoms with Crippen molar-refractivity contribution in [1.82, 2.24) is 10.2 Å². The number of benzene rings is 4. The Morgan fingerprint density at radius 1 is 0.837 bits per heavy atom. The van der Waals surface area contributed by atoms with Crippen molar-refractivity contribution in [2.45, 2.75) is 89.8 Å². The number of hydrogen-bond donors (Lipinski definition) is 2. The van der Waals surface area contributed by atoms with Crippen molar-refractivity contribution in [3.05, 3.63) is 119 Å². The van der Waals surface area contributed by atoms with Gasteiger partial charge in [-0.05, 0) is 81.8 Å². The van der Waals surface area contributed by atoms with E-state index in [-0.39, 0.29) is 24.3 Å². The molecule has 1 fully saturated rings. The standard InChI is InChI=1S/C42H46N2O5/c1-42(2,3)34-18-21-35(22-19-34)49-36-20-17-32-26-38(44(27-33(32)25-36)39(45)24-28-9-7-8-10-28)40(46)43-37(41(47)48)23-29-13-15-31(16-14-29)30-11-5-4-6-12-30/h4-6,11-22,25,28,37-38H,7-10,23-24,26-27H2,1-3H3,(H,43,46)(H,47,48)/t37-,38-/m0/s1. The lowest BCUT2D eigenvalue weighted by molar-refractivity contribution is -0.145. The lowest BCUT2D eigenvalue weighted by Gasteiger charge is -2.37. The molecule has 0 unspecified atom stereocenters. The number of amides is 2. The molecule has 1 aliphatic heterocycles. The van der Waals surface area contributed by atoms with E-state index < -0.39 is 24.0 Å². The molecule has 7 nitrogen and oxygen atoms in total. The topological polar surface area (TPSA) is 95.9 Å². The van der Waals surface area contributed by atoms with Gasteiger partial charge in [0, 0.05) is 25.8 Å². The molecule has 0 aromatic heterocycles. The number of carbonyl (C=O) groups is 3. The fraction of sp³-hybridized carbons (Fsp3) is 0.357. The summed E-state index contributed by atoms with van der Waals surface area (Å²) in [5.41, 5.74) is 6.05. The van der Waals surface area contributed by atoms with Crippen LogP contribution in [0.1, 0.15) is 75.1 Å². The highest BCUT2D eigenvalue weighted by molar-refractivity contribution is 5.91.